The smallest absolute Gasteiger partial charge is 0.323 e. The Morgan fingerprint density at radius 1 is 1.58 bits per heavy atom. The van der Waals surface area contributed by atoms with Crippen molar-refractivity contribution in [3.05, 3.63) is 0 Å². The van der Waals surface area contributed by atoms with Gasteiger partial charge < -0.3 is 15.2 Å². The van der Waals surface area contributed by atoms with E-state index in [0.717, 1.165) is 19.6 Å². The molecular weight excluding hydrogens is 244 g/mol. The Balaban J connectivity index is 2.02. The van der Waals surface area contributed by atoms with Crippen molar-refractivity contribution in [2.75, 3.05) is 20.2 Å². The van der Waals surface area contributed by atoms with Gasteiger partial charge in [-0.25, -0.2) is 0 Å². The van der Waals surface area contributed by atoms with Gasteiger partial charge in [0.15, 0.2) is 0 Å². The Kier molecular flexibility index (Phi) is 4.48. The standard InChI is InChI=1S/C14H26N2O3/c1-10(9-14(2,15-3)13(17)18)16-7-8-19-12-6-4-5-11(12)16/h10-12,15H,4-9H2,1-3H3,(H,17,18). The van der Waals surface area contributed by atoms with Crippen LogP contribution in [0.5, 0.6) is 0 Å². The summed E-state index contributed by atoms with van der Waals surface area (Å²) >= 11 is 0. The highest BCUT2D eigenvalue weighted by Crippen LogP contribution is 2.32. The van der Waals surface area contributed by atoms with Crippen molar-refractivity contribution in [1.82, 2.24) is 10.2 Å². The molecule has 4 atom stereocenters. The Morgan fingerprint density at radius 3 is 2.95 bits per heavy atom. The van der Waals surface area contributed by atoms with Crippen LogP contribution in [-0.4, -0.2) is 59.9 Å². The average molecular weight is 270 g/mol. The second kappa shape index (κ2) is 5.77. The zero-order valence-corrected chi connectivity index (χ0v) is 12.2. The number of carboxylic acid groups (broad SMARTS) is 1. The van der Waals surface area contributed by atoms with Gasteiger partial charge in [0, 0.05) is 18.6 Å². The van der Waals surface area contributed by atoms with Gasteiger partial charge in [-0.15, -0.1) is 0 Å². The molecule has 110 valence electrons. The minimum Gasteiger partial charge on any atom is -0.480 e. The first-order valence-electron chi connectivity index (χ1n) is 7.27. The lowest BCUT2D eigenvalue weighted by atomic mass is 9.92. The van der Waals surface area contributed by atoms with Gasteiger partial charge in [-0.2, -0.15) is 0 Å². The van der Waals surface area contributed by atoms with Crippen molar-refractivity contribution in [1.29, 1.82) is 0 Å². The van der Waals surface area contributed by atoms with Crippen molar-refractivity contribution in [2.45, 2.75) is 63.3 Å². The first-order chi connectivity index (χ1) is 8.98. The fraction of sp³-hybridized carbons (Fsp3) is 0.929. The maximum absolute atomic E-state index is 11.4. The minimum atomic E-state index is -0.855. The van der Waals surface area contributed by atoms with Crippen molar-refractivity contribution in [3.63, 3.8) is 0 Å². The predicted octanol–water partition coefficient (Wildman–Crippen LogP) is 1.08. The average Bonchev–Trinajstić information content (AvgIpc) is 2.86. The van der Waals surface area contributed by atoms with Gasteiger partial charge in [-0.1, -0.05) is 0 Å². The van der Waals surface area contributed by atoms with Crippen LogP contribution in [0.25, 0.3) is 0 Å². The number of nitrogens with one attached hydrogen (secondary N) is 1. The van der Waals surface area contributed by atoms with Gasteiger partial charge >= 0.3 is 5.97 Å². The lowest BCUT2D eigenvalue weighted by Gasteiger charge is -2.43. The quantitative estimate of drug-likeness (QED) is 0.783. The molecule has 1 heterocycles. The van der Waals surface area contributed by atoms with Crippen molar-refractivity contribution in [3.8, 4) is 0 Å². The van der Waals surface area contributed by atoms with Crippen LogP contribution in [0.1, 0.15) is 39.5 Å². The van der Waals surface area contributed by atoms with E-state index in [1.807, 2.05) is 0 Å². The minimum absolute atomic E-state index is 0.253. The lowest BCUT2D eigenvalue weighted by molar-refractivity contribution is -0.145. The fourth-order valence-corrected chi connectivity index (χ4v) is 3.51. The Bertz CT molecular complexity index is 337. The van der Waals surface area contributed by atoms with Crippen LogP contribution in [0.3, 0.4) is 0 Å². The van der Waals surface area contributed by atoms with E-state index in [9.17, 15) is 9.90 Å². The topological polar surface area (TPSA) is 61.8 Å². The molecule has 0 aromatic rings. The Hall–Kier alpha value is -0.650. The molecule has 4 unspecified atom stereocenters. The van der Waals surface area contributed by atoms with Gasteiger partial charge in [-0.05, 0) is 46.6 Å². The van der Waals surface area contributed by atoms with E-state index in [1.165, 1.54) is 12.8 Å². The number of morpholine rings is 1. The summed E-state index contributed by atoms with van der Waals surface area (Å²) in [6, 6.07) is 0.738. The number of fused-ring (bicyclic) bond motifs is 1. The third kappa shape index (κ3) is 2.93. The normalized spacial score (nSPS) is 32.6. The van der Waals surface area contributed by atoms with Gasteiger partial charge in [0.1, 0.15) is 5.54 Å². The Labute approximate surface area is 115 Å². The molecule has 5 heteroatoms. The van der Waals surface area contributed by atoms with Gasteiger partial charge in [0.05, 0.1) is 12.7 Å². The highest BCUT2D eigenvalue weighted by molar-refractivity contribution is 5.78. The van der Waals surface area contributed by atoms with Gasteiger partial charge in [0.25, 0.3) is 0 Å². The summed E-state index contributed by atoms with van der Waals surface area (Å²) in [5, 5.41) is 12.3. The molecule has 0 spiro atoms. The van der Waals surface area contributed by atoms with Crippen LogP contribution < -0.4 is 5.32 Å². The molecule has 0 aromatic carbocycles. The predicted molar refractivity (Wildman–Crippen MR) is 73.3 cm³/mol. The number of rotatable bonds is 5. The van der Waals surface area contributed by atoms with E-state index >= 15 is 0 Å². The Morgan fingerprint density at radius 2 is 2.32 bits per heavy atom. The van der Waals surface area contributed by atoms with Crippen LogP contribution in [0, 0.1) is 0 Å². The van der Waals surface area contributed by atoms with Crippen LogP contribution in [0.15, 0.2) is 0 Å². The molecule has 2 aliphatic rings. The van der Waals surface area contributed by atoms with Crippen LogP contribution in [0.2, 0.25) is 0 Å². The summed E-state index contributed by atoms with van der Waals surface area (Å²) in [5.74, 6) is -0.780. The second-order valence-electron chi connectivity index (χ2n) is 6.09. The SMILES string of the molecule is CNC(C)(CC(C)N1CCOC2CCCC21)C(=O)O. The number of carboxylic acids is 1. The highest BCUT2D eigenvalue weighted by atomic mass is 16.5. The number of carbonyl (C=O) groups is 1. The van der Waals surface area contributed by atoms with E-state index < -0.39 is 11.5 Å². The summed E-state index contributed by atoms with van der Waals surface area (Å²) < 4.78 is 5.81. The lowest BCUT2D eigenvalue weighted by Crippen LogP contribution is -2.57. The number of likely N-dealkylation sites (N-methyl/N-ethyl adjacent to an activating group) is 1. The molecule has 19 heavy (non-hydrogen) atoms. The largest absolute Gasteiger partial charge is 0.480 e. The molecule has 2 fully saturated rings. The molecular formula is C14H26N2O3. The molecule has 2 rings (SSSR count). The zero-order valence-electron chi connectivity index (χ0n) is 12.2. The summed E-state index contributed by atoms with van der Waals surface area (Å²) in [4.78, 5) is 13.9. The number of hydrogen-bond acceptors (Lipinski definition) is 4. The van der Waals surface area contributed by atoms with E-state index in [2.05, 4.69) is 17.1 Å². The molecule has 1 aliphatic carbocycles. The molecule has 1 aliphatic heterocycles. The van der Waals surface area contributed by atoms with Crippen LogP contribution in [0.4, 0.5) is 0 Å². The maximum atomic E-state index is 11.4. The summed E-state index contributed by atoms with van der Waals surface area (Å²) in [7, 11) is 1.72. The van der Waals surface area contributed by atoms with E-state index in [0.29, 0.717) is 18.6 Å². The molecule has 5 nitrogen and oxygen atoms in total. The molecule has 1 saturated carbocycles. The third-order valence-corrected chi connectivity index (χ3v) is 4.82. The summed E-state index contributed by atoms with van der Waals surface area (Å²) in [5.41, 5.74) is -0.855. The number of aliphatic carboxylic acids is 1. The zero-order chi connectivity index (χ0) is 14.0. The van der Waals surface area contributed by atoms with Crippen molar-refractivity contribution in [2.24, 2.45) is 0 Å². The molecule has 0 radical (unpaired) electrons. The van der Waals surface area contributed by atoms with Crippen LogP contribution in [-0.2, 0) is 9.53 Å². The van der Waals surface area contributed by atoms with Crippen molar-refractivity contribution < 1.29 is 14.6 Å². The van der Waals surface area contributed by atoms with E-state index in [-0.39, 0.29) is 6.04 Å². The fourth-order valence-electron chi connectivity index (χ4n) is 3.51. The number of hydrogen-bond donors (Lipinski definition) is 2. The van der Waals surface area contributed by atoms with Crippen LogP contribution >= 0.6 is 0 Å². The van der Waals surface area contributed by atoms with E-state index in [1.54, 1.807) is 14.0 Å². The summed E-state index contributed by atoms with van der Waals surface area (Å²) in [6.45, 7) is 5.59. The number of nitrogens with zero attached hydrogens (tertiary/aromatic N) is 1. The van der Waals surface area contributed by atoms with E-state index in [4.69, 9.17) is 4.74 Å². The molecule has 1 saturated heterocycles. The number of ether oxygens (including phenoxy) is 1. The first kappa shape index (κ1) is 14.8. The summed E-state index contributed by atoms with van der Waals surface area (Å²) in [6.07, 6.45) is 4.53. The molecule has 2 N–H and O–H groups in total. The second-order valence-corrected chi connectivity index (χ2v) is 6.09. The highest BCUT2D eigenvalue weighted by Gasteiger charge is 2.41. The maximum Gasteiger partial charge on any atom is 0.323 e. The van der Waals surface area contributed by atoms with Gasteiger partial charge in [0.2, 0.25) is 0 Å². The van der Waals surface area contributed by atoms with Gasteiger partial charge in [-0.3, -0.25) is 9.69 Å². The third-order valence-electron chi connectivity index (χ3n) is 4.82. The molecule has 0 bridgehead atoms. The first-order valence-corrected chi connectivity index (χ1v) is 7.27. The molecule has 0 aromatic heterocycles. The molecule has 0 amide bonds. The monoisotopic (exact) mass is 270 g/mol. The van der Waals surface area contributed by atoms with Crippen molar-refractivity contribution >= 4 is 5.97 Å².